The summed E-state index contributed by atoms with van der Waals surface area (Å²) < 4.78 is 5.32. The topological polar surface area (TPSA) is 39.2 Å². The summed E-state index contributed by atoms with van der Waals surface area (Å²) in [6.07, 6.45) is 5.29. The summed E-state index contributed by atoms with van der Waals surface area (Å²) in [5.74, 6) is -0.157. The van der Waals surface area contributed by atoms with Crippen LogP contribution in [0, 0.1) is 0 Å². The highest BCUT2D eigenvalue weighted by Crippen LogP contribution is 2.23. The van der Waals surface area contributed by atoms with E-state index in [0.29, 0.717) is 6.61 Å². The number of thioether (sulfide) groups is 1. The molecule has 0 aliphatic heterocycles. The molecule has 1 atom stereocenters. The van der Waals surface area contributed by atoms with Crippen molar-refractivity contribution in [1.29, 1.82) is 0 Å². The molecular formula is C17H19NO2S. The van der Waals surface area contributed by atoms with Gasteiger partial charge in [-0.25, -0.2) is 0 Å². The largest absolute Gasteiger partial charge is 0.465 e. The molecule has 21 heavy (non-hydrogen) atoms. The number of pyridine rings is 1. The van der Waals surface area contributed by atoms with Crippen molar-refractivity contribution < 1.29 is 9.53 Å². The maximum atomic E-state index is 11.9. The van der Waals surface area contributed by atoms with Gasteiger partial charge < -0.3 is 4.74 Å². The Hall–Kier alpha value is -1.81. The zero-order valence-electron chi connectivity index (χ0n) is 12.1. The molecule has 110 valence electrons. The standard InChI is InChI=1S/C17H19NO2S/c1-14(21-16-9-3-2-4-10-16)17(19)20-12-6-8-15-7-5-11-18-13-15/h2-5,7,9-11,13-14H,6,8,12H2,1H3. The number of hydrogen-bond donors (Lipinski definition) is 0. The molecule has 0 aliphatic carbocycles. The zero-order chi connectivity index (χ0) is 14.9. The van der Waals surface area contributed by atoms with Gasteiger partial charge in [-0.3, -0.25) is 9.78 Å². The smallest absolute Gasteiger partial charge is 0.319 e. The van der Waals surface area contributed by atoms with Crippen LogP contribution in [-0.2, 0) is 16.0 Å². The number of aromatic nitrogens is 1. The average molecular weight is 301 g/mol. The van der Waals surface area contributed by atoms with E-state index in [1.54, 1.807) is 6.20 Å². The fraction of sp³-hybridized carbons (Fsp3) is 0.294. The molecule has 0 amide bonds. The summed E-state index contributed by atoms with van der Waals surface area (Å²) in [4.78, 5) is 17.0. The van der Waals surface area contributed by atoms with E-state index in [0.717, 1.165) is 17.7 Å². The molecule has 0 spiro atoms. The fourth-order valence-electron chi connectivity index (χ4n) is 1.86. The Morgan fingerprint density at radius 3 is 2.76 bits per heavy atom. The van der Waals surface area contributed by atoms with Crippen molar-refractivity contribution in [3.05, 3.63) is 60.4 Å². The van der Waals surface area contributed by atoms with Crippen LogP contribution in [0.3, 0.4) is 0 Å². The summed E-state index contributed by atoms with van der Waals surface area (Å²) in [6.45, 7) is 2.33. The minimum absolute atomic E-state index is 0.157. The third-order valence-electron chi connectivity index (χ3n) is 2.96. The molecule has 2 rings (SSSR count). The Labute approximate surface area is 129 Å². The van der Waals surface area contributed by atoms with Crippen LogP contribution in [0.5, 0.6) is 0 Å². The zero-order valence-corrected chi connectivity index (χ0v) is 12.9. The second kappa shape index (κ2) is 8.47. The fourth-order valence-corrected chi connectivity index (χ4v) is 2.75. The van der Waals surface area contributed by atoms with E-state index in [1.165, 1.54) is 17.3 Å². The van der Waals surface area contributed by atoms with Gasteiger partial charge in [0.1, 0.15) is 5.25 Å². The van der Waals surface area contributed by atoms with Crippen LogP contribution >= 0.6 is 11.8 Å². The van der Waals surface area contributed by atoms with Crippen LogP contribution in [-0.4, -0.2) is 22.8 Å². The van der Waals surface area contributed by atoms with E-state index in [-0.39, 0.29) is 11.2 Å². The van der Waals surface area contributed by atoms with Gasteiger partial charge in [-0.1, -0.05) is 24.3 Å². The third kappa shape index (κ3) is 5.60. The van der Waals surface area contributed by atoms with E-state index in [4.69, 9.17) is 4.74 Å². The van der Waals surface area contributed by atoms with Gasteiger partial charge in [-0.15, -0.1) is 11.8 Å². The van der Waals surface area contributed by atoms with E-state index in [1.807, 2.05) is 55.6 Å². The lowest BCUT2D eigenvalue weighted by Gasteiger charge is -2.11. The molecule has 3 nitrogen and oxygen atoms in total. The summed E-state index contributed by atoms with van der Waals surface area (Å²) in [6, 6.07) is 13.8. The van der Waals surface area contributed by atoms with E-state index >= 15 is 0 Å². The molecule has 1 heterocycles. The number of hydrogen-bond acceptors (Lipinski definition) is 4. The summed E-state index contributed by atoms with van der Waals surface area (Å²) in [5, 5.41) is -0.189. The number of carbonyl (C=O) groups is 1. The number of nitrogens with zero attached hydrogens (tertiary/aromatic N) is 1. The minimum Gasteiger partial charge on any atom is -0.465 e. The number of aryl methyl sites for hydroxylation is 1. The Balaban J connectivity index is 1.67. The predicted octanol–water partition coefficient (Wildman–Crippen LogP) is 3.74. The lowest BCUT2D eigenvalue weighted by molar-refractivity contribution is -0.142. The number of esters is 1. The molecule has 0 N–H and O–H groups in total. The molecule has 1 aromatic heterocycles. The highest BCUT2D eigenvalue weighted by atomic mass is 32.2. The normalized spacial score (nSPS) is 11.9. The van der Waals surface area contributed by atoms with Crippen molar-refractivity contribution in [2.75, 3.05) is 6.61 Å². The first-order valence-electron chi connectivity index (χ1n) is 7.03. The van der Waals surface area contributed by atoms with Crippen LogP contribution < -0.4 is 0 Å². The quantitative estimate of drug-likeness (QED) is 0.444. The van der Waals surface area contributed by atoms with Crippen LogP contribution in [0.1, 0.15) is 18.9 Å². The molecule has 0 aliphatic rings. The van der Waals surface area contributed by atoms with Crippen LogP contribution in [0.15, 0.2) is 59.8 Å². The maximum Gasteiger partial charge on any atom is 0.319 e. The van der Waals surface area contributed by atoms with Gasteiger partial charge in [0.05, 0.1) is 6.61 Å². The van der Waals surface area contributed by atoms with Gasteiger partial charge in [-0.2, -0.15) is 0 Å². The lowest BCUT2D eigenvalue weighted by atomic mass is 10.2. The van der Waals surface area contributed by atoms with E-state index in [2.05, 4.69) is 4.98 Å². The van der Waals surface area contributed by atoms with Gasteiger partial charge in [0, 0.05) is 17.3 Å². The van der Waals surface area contributed by atoms with Gasteiger partial charge in [0.2, 0.25) is 0 Å². The number of benzene rings is 1. The monoisotopic (exact) mass is 301 g/mol. The van der Waals surface area contributed by atoms with Crippen LogP contribution in [0.2, 0.25) is 0 Å². The molecule has 2 aromatic rings. The van der Waals surface area contributed by atoms with E-state index < -0.39 is 0 Å². The molecule has 0 bridgehead atoms. The second-order valence-electron chi connectivity index (χ2n) is 4.71. The van der Waals surface area contributed by atoms with Gasteiger partial charge >= 0.3 is 5.97 Å². The lowest BCUT2D eigenvalue weighted by Crippen LogP contribution is -2.17. The summed E-state index contributed by atoms with van der Waals surface area (Å²) in [7, 11) is 0. The first kappa shape index (κ1) is 15.6. The maximum absolute atomic E-state index is 11.9. The van der Waals surface area contributed by atoms with Gasteiger partial charge in [-0.05, 0) is 43.5 Å². The van der Waals surface area contributed by atoms with Crippen molar-refractivity contribution in [2.45, 2.75) is 29.9 Å². The number of rotatable bonds is 7. The highest BCUT2D eigenvalue weighted by molar-refractivity contribution is 8.00. The predicted molar refractivity (Wildman–Crippen MR) is 85.3 cm³/mol. The number of ether oxygens (including phenoxy) is 1. The average Bonchev–Trinajstić information content (AvgIpc) is 2.53. The Bertz CT molecular complexity index is 545. The second-order valence-corrected chi connectivity index (χ2v) is 6.12. The minimum atomic E-state index is -0.189. The molecule has 0 saturated carbocycles. The SMILES string of the molecule is CC(Sc1ccccc1)C(=O)OCCCc1cccnc1. The van der Waals surface area contributed by atoms with Crippen molar-refractivity contribution in [2.24, 2.45) is 0 Å². The molecule has 0 radical (unpaired) electrons. The first-order valence-corrected chi connectivity index (χ1v) is 7.91. The Kier molecular flexibility index (Phi) is 6.28. The van der Waals surface area contributed by atoms with Crippen molar-refractivity contribution in [1.82, 2.24) is 4.98 Å². The molecular weight excluding hydrogens is 282 g/mol. The molecule has 1 unspecified atom stereocenters. The molecule has 0 fully saturated rings. The number of carbonyl (C=O) groups excluding carboxylic acids is 1. The Morgan fingerprint density at radius 1 is 1.24 bits per heavy atom. The molecule has 0 saturated heterocycles. The van der Waals surface area contributed by atoms with Crippen LogP contribution in [0.25, 0.3) is 0 Å². The Morgan fingerprint density at radius 2 is 2.05 bits per heavy atom. The van der Waals surface area contributed by atoms with Gasteiger partial charge in [0.25, 0.3) is 0 Å². The van der Waals surface area contributed by atoms with Crippen molar-refractivity contribution in [3.63, 3.8) is 0 Å². The van der Waals surface area contributed by atoms with Crippen molar-refractivity contribution >= 4 is 17.7 Å². The highest BCUT2D eigenvalue weighted by Gasteiger charge is 2.15. The summed E-state index contributed by atoms with van der Waals surface area (Å²) >= 11 is 1.52. The summed E-state index contributed by atoms with van der Waals surface area (Å²) in [5.41, 5.74) is 1.17. The van der Waals surface area contributed by atoms with Crippen molar-refractivity contribution in [3.8, 4) is 0 Å². The third-order valence-corrected chi connectivity index (χ3v) is 4.06. The first-order chi connectivity index (χ1) is 10.3. The van der Waals surface area contributed by atoms with Gasteiger partial charge in [0.15, 0.2) is 0 Å². The van der Waals surface area contributed by atoms with Crippen LogP contribution in [0.4, 0.5) is 0 Å². The molecule has 4 heteroatoms. The van der Waals surface area contributed by atoms with E-state index in [9.17, 15) is 4.79 Å². The molecule has 1 aromatic carbocycles.